The molecule has 0 aliphatic carbocycles. The zero-order valence-corrected chi connectivity index (χ0v) is 15.3. The third-order valence-corrected chi connectivity index (χ3v) is 4.73. The second-order valence-electron chi connectivity index (χ2n) is 7.24. The minimum Gasteiger partial charge on any atom is -0.398 e. The number of hydrogen-bond acceptors (Lipinski definition) is 6. The Morgan fingerprint density at radius 3 is 2.56 bits per heavy atom. The molecular weight excluding hydrogens is 359 g/mol. The maximum atomic E-state index is 13.1. The molecule has 148 valence electrons. The number of alkyl halides is 3. The first kappa shape index (κ1) is 19.6. The number of nitrogens with zero attached hydrogens (tertiary/aromatic N) is 3. The van der Waals surface area contributed by atoms with Crippen molar-refractivity contribution in [3.63, 3.8) is 0 Å². The predicted molar refractivity (Wildman–Crippen MR) is 98.1 cm³/mol. The lowest BCUT2D eigenvalue weighted by Crippen LogP contribution is -2.60. The zero-order valence-electron chi connectivity index (χ0n) is 15.3. The number of allylic oxidation sites excluding steroid dienone is 1. The highest BCUT2D eigenvalue weighted by atomic mass is 19.4. The van der Waals surface area contributed by atoms with E-state index in [1.165, 1.54) is 6.20 Å². The molecule has 0 saturated carbocycles. The minimum absolute atomic E-state index is 0.0559. The first-order valence-electron chi connectivity index (χ1n) is 8.85. The van der Waals surface area contributed by atoms with Crippen LogP contribution in [0.4, 0.5) is 19.0 Å². The number of aromatic nitrogens is 1. The van der Waals surface area contributed by atoms with Crippen LogP contribution in [0, 0.1) is 5.92 Å². The van der Waals surface area contributed by atoms with Gasteiger partial charge in [-0.1, -0.05) is 0 Å². The molecule has 0 amide bonds. The molecule has 1 aromatic heterocycles. The smallest absolute Gasteiger partial charge is 0.398 e. The van der Waals surface area contributed by atoms with Crippen LogP contribution < -0.4 is 11.5 Å². The standard InChI is InChI=1S/C18H24F3N5O/c1-10(2)25-16(12-6-26(7-12)13-8-27-9-13)4-15(22)11-3-14(18(19,20)21)17(23)24-5-11/h3-5,10,12-13H,6-9,22H2,1-2H3,(H2,23,24). The molecule has 2 saturated heterocycles. The number of anilines is 1. The van der Waals surface area contributed by atoms with Crippen LogP contribution in [0.1, 0.15) is 25.0 Å². The monoisotopic (exact) mass is 383 g/mol. The lowest BCUT2D eigenvalue weighted by Gasteiger charge is -2.47. The number of hydrogen-bond donors (Lipinski definition) is 2. The summed E-state index contributed by atoms with van der Waals surface area (Å²) < 4.78 is 44.4. The van der Waals surface area contributed by atoms with Crippen molar-refractivity contribution in [3.8, 4) is 0 Å². The summed E-state index contributed by atoms with van der Waals surface area (Å²) in [5.74, 6) is -0.358. The van der Waals surface area contributed by atoms with E-state index in [9.17, 15) is 13.2 Å². The topological polar surface area (TPSA) is 89.8 Å². The van der Waals surface area contributed by atoms with Crippen molar-refractivity contribution >= 4 is 17.2 Å². The summed E-state index contributed by atoms with van der Waals surface area (Å²) in [5.41, 5.74) is 11.6. The molecule has 0 unspecified atom stereocenters. The van der Waals surface area contributed by atoms with Crippen molar-refractivity contribution in [3.05, 3.63) is 29.5 Å². The molecule has 9 heteroatoms. The van der Waals surface area contributed by atoms with Crippen molar-refractivity contribution in [2.24, 2.45) is 16.6 Å². The van der Waals surface area contributed by atoms with Crippen molar-refractivity contribution in [2.75, 3.05) is 32.0 Å². The molecule has 4 N–H and O–H groups in total. The van der Waals surface area contributed by atoms with E-state index in [1.54, 1.807) is 6.08 Å². The van der Waals surface area contributed by atoms with Crippen molar-refractivity contribution in [1.29, 1.82) is 0 Å². The quantitative estimate of drug-likeness (QED) is 0.761. The summed E-state index contributed by atoms with van der Waals surface area (Å²) in [6, 6.07) is 1.44. The average Bonchev–Trinajstić information content (AvgIpc) is 2.46. The van der Waals surface area contributed by atoms with Crippen LogP contribution in [0.25, 0.3) is 5.70 Å². The van der Waals surface area contributed by atoms with Gasteiger partial charge in [-0.2, -0.15) is 13.2 Å². The molecule has 0 aromatic carbocycles. The van der Waals surface area contributed by atoms with E-state index >= 15 is 0 Å². The maximum absolute atomic E-state index is 13.1. The van der Waals surface area contributed by atoms with Crippen LogP contribution in [-0.2, 0) is 10.9 Å². The molecule has 1 aromatic rings. The zero-order chi connectivity index (χ0) is 19.8. The maximum Gasteiger partial charge on any atom is 0.419 e. The third kappa shape index (κ3) is 4.41. The van der Waals surface area contributed by atoms with Crippen LogP contribution in [0.5, 0.6) is 0 Å². The van der Waals surface area contributed by atoms with Crippen molar-refractivity contribution in [2.45, 2.75) is 32.1 Å². The lowest BCUT2D eigenvalue weighted by molar-refractivity contribution is -0.137. The molecular formula is C18H24F3N5O. The second-order valence-corrected chi connectivity index (χ2v) is 7.24. The Labute approximate surface area is 156 Å². The van der Waals surface area contributed by atoms with Gasteiger partial charge in [0.15, 0.2) is 0 Å². The summed E-state index contributed by atoms with van der Waals surface area (Å²) in [7, 11) is 0. The Bertz CT molecular complexity index is 750. The fourth-order valence-corrected chi connectivity index (χ4v) is 3.09. The van der Waals surface area contributed by atoms with Gasteiger partial charge in [-0.3, -0.25) is 9.89 Å². The van der Waals surface area contributed by atoms with Gasteiger partial charge in [0.2, 0.25) is 0 Å². The van der Waals surface area contributed by atoms with Gasteiger partial charge < -0.3 is 16.2 Å². The molecule has 0 bridgehead atoms. The Balaban J connectivity index is 1.81. The van der Waals surface area contributed by atoms with E-state index in [4.69, 9.17) is 16.2 Å². The molecule has 0 spiro atoms. The van der Waals surface area contributed by atoms with E-state index in [-0.39, 0.29) is 23.2 Å². The van der Waals surface area contributed by atoms with Gasteiger partial charge in [-0.05, 0) is 26.0 Å². The highest BCUT2D eigenvalue weighted by Gasteiger charge is 2.38. The van der Waals surface area contributed by atoms with E-state index in [1.807, 2.05) is 13.8 Å². The van der Waals surface area contributed by atoms with Crippen LogP contribution in [0.15, 0.2) is 23.3 Å². The highest BCUT2D eigenvalue weighted by Crippen LogP contribution is 2.34. The molecule has 2 aliphatic heterocycles. The fraction of sp³-hybridized carbons (Fsp3) is 0.556. The summed E-state index contributed by atoms with van der Waals surface area (Å²) in [4.78, 5) is 10.6. The molecule has 3 rings (SSSR count). The minimum atomic E-state index is -4.58. The van der Waals surface area contributed by atoms with Gasteiger partial charge in [0.1, 0.15) is 5.82 Å². The van der Waals surface area contributed by atoms with Gasteiger partial charge in [-0.25, -0.2) is 4.98 Å². The van der Waals surface area contributed by atoms with E-state index < -0.39 is 17.6 Å². The summed E-state index contributed by atoms with van der Waals surface area (Å²) in [6.07, 6.45) is -1.67. The van der Waals surface area contributed by atoms with Crippen LogP contribution >= 0.6 is 0 Å². The molecule has 3 heterocycles. The fourth-order valence-electron chi connectivity index (χ4n) is 3.09. The number of halogens is 3. The normalized spacial score (nSPS) is 20.7. The second kappa shape index (κ2) is 7.47. The third-order valence-electron chi connectivity index (χ3n) is 4.73. The Hall–Kier alpha value is -2.13. The number of ether oxygens (including phenoxy) is 1. The first-order chi connectivity index (χ1) is 12.6. The van der Waals surface area contributed by atoms with Gasteiger partial charge in [0.05, 0.1) is 24.8 Å². The van der Waals surface area contributed by atoms with Crippen LogP contribution in [-0.4, -0.2) is 54.0 Å². The van der Waals surface area contributed by atoms with Crippen LogP contribution in [0.2, 0.25) is 0 Å². The first-order valence-corrected chi connectivity index (χ1v) is 8.85. The van der Waals surface area contributed by atoms with Crippen molar-refractivity contribution < 1.29 is 17.9 Å². The molecule has 2 fully saturated rings. The Morgan fingerprint density at radius 1 is 1.37 bits per heavy atom. The molecule has 0 radical (unpaired) electrons. The van der Waals surface area contributed by atoms with E-state index in [2.05, 4.69) is 14.9 Å². The number of pyridine rings is 1. The summed E-state index contributed by atoms with van der Waals surface area (Å²) in [5, 5.41) is 0. The lowest BCUT2D eigenvalue weighted by atomic mass is 9.90. The van der Waals surface area contributed by atoms with Gasteiger partial charge in [-0.15, -0.1) is 0 Å². The predicted octanol–water partition coefficient (Wildman–Crippen LogP) is 2.16. The summed E-state index contributed by atoms with van der Waals surface area (Å²) >= 11 is 0. The summed E-state index contributed by atoms with van der Waals surface area (Å²) in [6.45, 7) is 7.09. The number of aliphatic imine (C=N–C) groups is 1. The largest absolute Gasteiger partial charge is 0.419 e. The number of nitrogen functional groups attached to an aromatic ring is 1. The van der Waals surface area contributed by atoms with Gasteiger partial charge in [0, 0.05) is 48.2 Å². The van der Waals surface area contributed by atoms with Crippen molar-refractivity contribution in [1.82, 2.24) is 9.88 Å². The van der Waals surface area contributed by atoms with Crippen LogP contribution in [0.3, 0.4) is 0 Å². The molecule has 2 aliphatic rings. The SMILES string of the molecule is CC(C)N=C(C=C(N)c1cnc(N)c(C(F)(F)F)c1)C1CN(C2COC2)C1. The van der Waals surface area contributed by atoms with Gasteiger partial charge >= 0.3 is 6.18 Å². The Kier molecular flexibility index (Phi) is 5.43. The average molecular weight is 383 g/mol. The Morgan fingerprint density at radius 2 is 2.04 bits per heavy atom. The number of rotatable bonds is 5. The van der Waals surface area contributed by atoms with E-state index in [0.29, 0.717) is 6.04 Å². The van der Waals surface area contributed by atoms with Gasteiger partial charge in [0.25, 0.3) is 0 Å². The number of nitrogens with two attached hydrogens (primary N) is 2. The van der Waals surface area contributed by atoms with E-state index in [0.717, 1.165) is 38.1 Å². The highest BCUT2D eigenvalue weighted by molar-refractivity contribution is 6.02. The molecule has 6 nitrogen and oxygen atoms in total. The number of likely N-dealkylation sites (tertiary alicyclic amines) is 1. The molecule has 0 atom stereocenters. The molecule has 27 heavy (non-hydrogen) atoms.